The van der Waals surface area contributed by atoms with Crippen molar-refractivity contribution in [2.75, 3.05) is 5.32 Å². The Morgan fingerprint density at radius 1 is 1.23 bits per heavy atom. The molecular formula is C21H23F4N5O. The molecule has 2 aromatic rings. The van der Waals surface area contributed by atoms with Crippen LogP contribution < -0.4 is 21.9 Å². The number of pyridine rings is 1. The van der Waals surface area contributed by atoms with Crippen LogP contribution in [-0.2, 0) is 17.4 Å². The van der Waals surface area contributed by atoms with Gasteiger partial charge in [0.2, 0.25) is 5.91 Å². The van der Waals surface area contributed by atoms with E-state index in [0.717, 1.165) is 30.7 Å². The molecule has 0 radical (unpaired) electrons. The van der Waals surface area contributed by atoms with Gasteiger partial charge in [-0.3, -0.25) is 10.6 Å². The van der Waals surface area contributed by atoms with Crippen LogP contribution in [0.1, 0.15) is 42.9 Å². The van der Waals surface area contributed by atoms with Crippen molar-refractivity contribution >= 4 is 11.7 Å². The fraction of sp³-hybridized carbons (Fsp3) is 0.333. The molecule has 1 atom stereocenters. The van der Waals surface area contributed by atoms with E-state index >= 15 is 0 Å². The van der Waals surface area contributed by atoms with Gasteiger partial charge in [-0.25, -0.2) is 9.37 Å². The Morgan fingerprint density at radius 3 is 2.68 bits per heavy atom. The quantitative estimate of drug-likeness (QED) is 0.315. The van der Waals surface area contributed by atoms with E-state index in [-0.39, 0.29) is 23.9 Å². The standard InChI is InChI=1S/C21H23F4N5O/c1-12(31)28-17-3-2-4-18(20(17)30-26)29-19-10-13(5-6-27-19)7-14-8-15(21(23,24)25)11-16(22)9-14/h5-6,8-11,17,30H,2-4,7,26H2,1H3,(H,27,29)(H,28,31). The lowest BCUT2D eigenvalue weighted by Gasteiger charge is -2.29. The molecule has 1 aliphatic rings. The number of allylic oxidation sites excluding steroid dienone is 1. The Balaban J connectivity index is 1.82. The van der Waals surface area contributed by atoms with Crippen molar-refractivity contribution in [3.63, 3.8) is 0 Å². The molecule has 1 amide bonds. The van der Waals surface area contributed by atoms with E-state index in [0.29, 0.717) is 29.6 Å². The minimum absolute atomic E-state index is 0.105. The van der Waals surface area contributed by atoms with E-state index in [4.69, 9.17) is 5.84 Å². The highest BCUT2D eigenvalue weighted by Gasteiger charge is 2.31. The van der Waals surface area contributed by atoms with E-state index in [2.05, 4.69) is 21.0 Å². The maximum Gasteiger partial charge on any atom is 0.416 e. The number of nitrogens with zero attached hydrogens (tertiary/aromatic N) is 1. The Labute approximate surface area is 176 Å². The van der Waals surface area contributed by atoms with Crippen LogP contribution in [0.4, 0.5) is 23.4 Å². The number of nitrogens with one attached hydrogen (secondary N) is 3. The molecule has 166 valence electrons. The van der Waals surface area contributed by atoms with Gasteiger partial charge in [0, 0.05) is 18.8 Å². The second-order valence-electron chi connectivity index (χ2n) is 7.38. The predicted molar refractivity (Wildman–Crippen MR) is 108 cm³/mol. The van der Waals surface area contributed by atoms with Crippen LogP contribution in [0.5, 0.6) is 0 Å². The molecule has 0 saturated heterocycles. The van der Waals surface area contributed by atoms with Crippen molar-refractivity contribution in [3.05, 3.63) is 70.4 Å². The normalized spacial score (nSPS) is 16.8. The summed E-state index contributed by atoms with van der Waals surface area (Å²) in [5, 5.41) is 6.02. The van der Waals surface area contributed by atoms with Crippen LogP contribution in [-0.4, -0.2) is 16.9 Å². The first-order valence-corrected chi connectivity index (χ1v) is 9.71. The van der Waals surface area contributed by atoms with Crippen LogP contribution in [0.3, 0.4) is 0 Å². The number of hydrazine groups is 1. The Bertz CT molecular complexity index is 990. The van der Waals surface area contributed by atoms with Gasteiger partial charge >= 0.3 is 6.18 Å². The summed E-state index contributed by atoms with van der Waals surface area (Å²) in [4.78, 5) is 15.7. The number of hydrogen-bond donors (Lipinski definition) is 4. The van der Waals surface area contributed by atoms with Crippen molar-refractivity contribution in [1.82, 2.24) is 15.7 Å². The molecule has 0 saturated carbocycles. The zero-order chi connectivity index (χ0) is 22.6. The first-order chi connectivity index (χ1) is 14.7. The number of amides is 1. The molecule has 10 heteroatoms. The largest absolute Gasteiger partial charge is 0.416 e. The number of benzene rings is 1. The molecule has 1 aromatic carbocycles. The third kappa shape index (κ3) is 5.94. The third-order valence-corrected chi connectivity index (χ3v) is 4.92. The summed E-state index contributed by atoms with van der Waals surface area (Å²) < 4.78 is 52.6. The summed E-state index contributed by atoms with van der Waals surface area (Å²) in [5.74, 6) is 5.02. The van der Waals surface area contributed by atoms with Gasteiger partial charge < -0.3 is 16.1 Å². The SMILES string of the molecule is CC(=O)NC1CCCC(Nc2cc(Cc3cc(F)cc(C(F)(F)F)c3)ccn2)=C1NN. The number of aromatic nitrogens is 1. The molecule has 31 heavy (non-hydrogen) atoms. The molecule has 1 aliphatic carbocycles. The Kier molecular flexibility index (Phi) is 6.79. The van der Waals surface area contributed by atoms with Gasteiger partial charge in [0.25, 0.3) is 0 Å². The number of anilines is 1. The van der Waals surface area contributed by atoms with Crippen LogP contribution in [0, 0.1) is 5.82 Å². The zero-order valence-electron chi connectivity index (χ0n) is 16.8. The van der Waals surface area contributed by atoms with E-state index in [1.807, 2.05) is 0 Å². The molecular weight excluding hydrogens is 414 g/mol. The number of carbonyl (C=O) groups is 1. The molecule has 6 nitrogen and oxygen atoms in total. The average Bonchev–Trinajstić information content (AvgIpc) is 2.67. The van der Waals surface area contributed by atoms with Crippen molar-refractivity contribution in [1.29, 1.82) is 0 Å². The fourth-order valence-corrected chi connectivity index (χ4v) is 3.64. The molecule has 1 unspecified atom stereocenters. The molecule has 0 fully saturated rings. The van der Waals surface area contributed by atoms with Gasteiger partial charge in [0.05, 0.1) is 17.3 Å². The second kappa shape index (κ2) is 9.34. The molecule has 1 heterocycles. The number of halogens is 4. The monoisotopic (exact) mass is 437 g/mol. The summed E-state index contributed by atoms with van der Waals surface area (Å²) in [6, 6.07) is 5.58. The van der Waals surface area contributed by atoms with Crippen molar-refractivity contribution in [3.8, 4) is 0 Å². The van der Waals surface area contributed by atoms with Gasteiger partial charge in [0.15, 0.2) is 0 Å². The maximum atomic E-state index is 13.7. The minimum Gasteiger partial charge on any atom is -0.348 e. The number of rotatable bonds is 6. The van der Waals surface area contributed by atoms with Crippen molar-refractivity contribution in [2.45, 2.75) is 44.8 Å². The molecule has 0 aliphatic heterocycles. The highest BCUT2D eigenvalue weighted by molar-refractivity contribution is 5.73. The van der Waals surface area contributed by atoms with Gasteiger partial charge in [-0.15, -0.1) is 0 Å². The predicted octanol–water partition coefficient (Wildman–Crippen LogP) is 3.61. The molecule has 0 spiro atoms. The average molecular weight is 437 g/mol. The second-order valence-corrected chi connectivity index (χ2v) is 7.38. The van der Waals surface area contributed by atoms with Crippen molar-refractivity contribution in [2.24, 2.45) is 5.84 Å². The highest BCUT2D eigenvalue weighted by atomic mass is 19.4. The Hall–Kier alpha value is -3.14. The lowest BCUT2D eigenvalue weighted by molar-refractivity contribution is -0.137. The van der Waals surface area contributed by atoms with Crippen LogP contribution in [0.15, 0.2) is 47.9 Å². The molecule has 0 bridgehead atoms. The fourth-order valence-electron chi connectivity index (χ4n) is 3.64. The van der Waals surface area contributed by atoms with E-state index in [1.165, 1.54) is 13.1 Å². The van der Waals surface area contributed by atoms with E-state index < -0.39 is 17.6 Å². The first-order valence-electron chi connectivity index (χ1n) is 9.71. The lowest BCUT2D eigenvalue weighted by Crippen LogP contribution is -2.44. The summed E-state index contributed by atoms with van der Waals surface area (Å²) in [6.07, 6.45) is -0.758. The maximum absolute atomic E-state index is 13.7. The third-order valence-electron chi connectivity index (χ3n) is 4.92. The molecule has 3 rings (SSSR count). The minimum atomic E-state index is -4.62. The van der Waals surface area contributed by atoms with Crippen molar-refractivity contribution < 1.29 is 22.4 Å². The van der Waals surface area contributed by atoms with Crippen LogP contribution in [0.2, 0.25) is 0 Å². The number of hydrogen-bond acceptors (Lipinski definition) is 5. The first kappa shape index (κ1) is 22.5. The smallest absolute Gasteiger partial charge is 0.348 e. The van der Waals surface area contributed by atoms with E-state index in [1.54, 1.807) is 12.1 Å². The summed E-state index contributed by atoms with van der Waals surface area (Å²) in [5.41, 5.74) is 3.89. The lowest BCUT2D eigenvalue weighted by atomic mass is 9.96. The topological polar surface area (TPSA) is 92.1 Å². The van der Waals surface area contributed by atoms with Gasteiger partial charge in [0.1, 0.15) is 11.6 Å². The number of alkyl halides is 3. The highest BCUT2D eigenvalue weighted by Crippen LogP contribution is 2.31. The molecule has 5 N–H and O–H groups in total. The zero-order valence-corrected chi connectivity index (χ0v) is 16.8. The van der Waals surface area contributed by atoms with Gasteiger partial charge in [-0.05, 0) is 67.1 Å². The van der Waals surface area contributed by atoms with Gasteiger partial charge in [-0.1, -0.05) is 0 Å². The van der Waals surface area contributed by atoms with Gasteiger partial charge in [-0.2, -0.15) is 13.2 Å². The summed E-state index contributed by atoms with van der Waals surface area (Å²) in [7, 11) is 0. The van der Waals surface area contributed by atoms with E-state index in [9.17, 15) is 22.4 Å². The number of nitrogens with two attached hydrogens (primary N) is 1. The summed E-state index contributed by atoms with van der Waals surface area (Å²) >= 11 is 0. The molecule has 1 aromatic heterocycles. The van der Waals surface area contributed by atoms with Crippen LogP contribution >= 0.6 is 0 Å². The Morgan fingerprint density at radius 2 is 2.00 bits per heavy atom. The number of carbonyl (C=O) groups excluding carboxylic acids is 1. The summed E-state index contributed by atoms with van der Waals surface area (Å²) in [6.45, 7) is 1.43. The van der Waals surface area contributed by atoms with Crippen LogP contribution in [0.25, 0.3) is 0 Å².